The van der Waals surface area contributed by atoms with Gasteiger partial charge in [0.15, 0.2) is 22.9 Å². The molecule has 6 heterocycles. The molecule has 13 heteroatoms. The van der Waals surface area contributed by atoms with Crippen LogP contribution in [-0.2, 0) is 23.1 Å². The lowest BCUT2D eigenvalue weighted by Crippen LogP contribution is -2.35. The number of nitrogen functional groups attached to an aromatic ring is 1. The van der Waals surface area contributed by atoms with Gasteiger partial charge in [-0.25, -0.2) is 14.6 Å². The summed E-state index contributed by atoms with van der Waals surface area (Å²) in [6, 6.07) is 2.86. The third-order valence-electron chi connectivity index (χ3n) is 10.6. The van der Waals surface area contributed by atoms with E-state index in [0.717, 1.165) is 92.3 Å². The van der Waals surface area contributed by atoms with Gasteiger partial charge < -0.3 is 25.4 Å². The van der Waals surface area contributed by atoms with Crippen molar-refractivity contribution < 1.29 is 9.32 Å². The van der Waals surface area contributed by atoms with Crippen LogP contribution in [0.3, 0.4) is 0 Å². The molecule has 4 aromatic heterocycles. The fourth-order valence-corrected chi connectivity index (χ4v) is 9.63. The average molecular weight is 627 g/mol. The predicted octanol–water partition coefficient (Wildman–Crippen LogP) is 3.94. The normalized spacial score (nSPS) is 24.3. The van der Waals surface area contributed by atoms with Crippen LogP contribution in [0.15, 0.2) is 10.7 Å². The quantitative estimate of drug-likeness (QED) is 0.340. The van der Waals surface area contributed by atoms with Gasteiger partial charge >= 0.3 is 0 Å². The smallest absolute Gasteiger partial charge is 0.239 e. The first kappa shape index (κ1) is 28.5. The molecule has 4 aromatic rings. The van der Waals surface area contributed by atoms with Crippen molar-refractivity contribution in [1.29, 1.82) is 5.26 Å². The number of hydrogen-bond acceptors (Lipinski definition) is 11. The number of rotatable bonds is 4. The van der Waals surface area contributed by atoms with Crippen molar-refractivity contribution in [3.05, 3.63) is 33.5 Å². The highest BCUT2D eigenvalue weighted by Gasteiger charge is 2.49. The largest absolute Gasteiger partial charge is 0.389 e. The second-order valence-electron chi connectivity index (χ2n) is 13.1. The van der Waals surface area contributed by atoms with Gasteiger partial charge in [-0.15, -0.1) is 11.3 Å². The third-order valence-corrected chi connectivity index (χ3v) is 11.7. The number of nitriles is 1. The van der Waals surface area contributed by atoms with E-state index in [9.17, 15) is 10.1 Å². The molecule has 1 spiro atoms. The average Bonchev–Trinajstić information content (AvgIpc) is 3.80. The first-order valence-corrected chi connectivity index (χ1v) is 17.0. The van der Waals surface area contributed by atoms with E-state index in [-0.39, 0.29) is 18.5 Å². The topological polar surface area (TPSA) is 155 Å². The minimum Gasteiger partial charge on any atom is -0.389 e. The first-order valence-electron chi connectivity index (χ1n) is 16.2. The molecule has 1 amide bonds. The van der Waals surface area contributed by atoms with Gasteiger partial charge in [0.25, 0.3) is 0 Å². The number of fused-ring (bicyclic) bond motifs is 5. The molecule has 234 valence electrons. The van der Waals surface area contributed by atoms with Crippen molar-refractivity contribution in [2.45, 2.75) is 82.2 Å². The number of hydrogen-bond donors (Lipinski definition) is 2. The minimum atomic E-state index is -0.426. The van der Waals surface area contributed by atoms with E-state index in [1.165, 1.54) is 4.88 Å². The van der Waals surface area contributed by atoms with Crippen LogP contribution in [0.4, 0.5) is 10.8 Å². The van der Waals surface area contributed by atoms with Gasteiger partial charge in [0, 0.05) is 29.6 Å². The van der Waals surface area contributed by atoms with E-state index in [1.54, 1.807) is 11.3 Å². The first-order chi connectivity index (χ1) is 21.9. The van der Waals surface area contributed by atoms with Crippen molar-refractivity contribution in [3.8, 4) is 17.6 Å². The number of anilines is 2. The number of thiophene rings is 1. The van der Waals surface area contributed by atoms with Crippen LogP contribution in [-0.4, -0.2) is 75.0 Å². The van der Waals surface area contributed by atoms with Crippen molar-refractivity contribution in [2.24, 2.45) is 0 Å². The number of nitrogens with two attached hydrogens (primary N) is 1. The Morgan fingerprint density at radius 1 is 1.20 bits per heavy atom. The number of carbonyl (C=O) groups excluding carboxylic acids is 1. The molecule has 8 rings (SSSR count). The Morgan fingerprint density at radius 2 is 2.04 bits per heavy atom. The van der Waals surface area contributed by atoms with Gasteiger partial charge in [-0.05, 0) is 83.9 Å². The Hall–Kier alpha value is -4.02. The molecule has 0 saturated carbocycles. The number of aryl methyl sites for hydroxylation is 1. The molecule has 45 heavy (non-hydrogen) atoms. The summed E-state index contributed by atoms with van der Waals surface area (Å²) in [5.74, 6) is 1.99. The van der Waals surface area contributed by atoms with Crippen molar-refractivity contribution in [2.75, 3.05) is 43.9 Å². The van der Waals surface area contributed by atoms with Gasteiger partial charge in [0.05, 0.1) is 35.1 Å². The minimum absolute atomic E-state index is 0.0219. The summed E-state index contributed by atoms with van der Waals surface area (Å²) < 4.78 is 8.34. The molecular weight excluding hydrogens is 588 g/mol. The fraction of sp³-hybridized carbons (Fsp3) is 0.562. The summed E-state index contributed by atoms with van der Waals surface area (Å²) in [5, 5.41) is 24.1. The third kappa shape index (κ3) is 4.36. The predicted molar refractivity (Wildman–Crippen MR) is 171 cm³/mol. The molecule has 2 aliphatic carbocycles. The van der Waals surface area contributed by atoms with Gasteiger partial charge in [-0.2, -0.15) is 10.4 Å². The van der Waals surface area contributed by atoms with E-state index in [1.807, 2.05) is 15.8 Å². The maximum absolute atomic E-state index is 12.7. The Kier molecular flexibility index (Phi) is 6.83. The molecule has 3 unspecified atom stereocenters. The standard InChI is InChI=1S/C32H38N10O2S/c1-18(22-8-5-13-40(22)2)42-31-21(16-36-42)30(41-14-6-12-35-24(43)17-41)37-29(38-31)26-19-7-3-10-32(27(19)44-39-26)11-4-9-23-25(32)20(15-33)28(34)45-23/h16,18,22H,3-14,17,34H2,1-2H3,(H,35,43). The highest BCUT2D eigenvalue weighted by Crippen LogP contribution is 2.55. The maximum atomic E-state index is 12.7. The molecule has 4 aliphatic rings. The van der Waals surface area contributed by atoms with E-state index in [4.69, 9.17) is 25.3 Å². The second kappa shape index (κ2) is 10.8. The summed E-state index contributed by atoms with van der Waals surface area (Å²) in [5.41, 5.74) is 9.97. The van der Waals surface area contributed by atoms with Crippen molar-refractivity contribution >= 4 is 39.1 Å². The van der Waals surface area contributed by atoms with E-state index < -0.39 is 5.41 Å². The fourth-order valence-electron chi connectivity index (χ4n) is 8.47. The Balaban J connectivity index is 1.30. The molecule has 2 aliphatic heterocycles. The zero-order chi connectivity index (χ0) is 30.9. The summed E-state index contributed by atoms with van der Waals surface area (Å²) in [6.45, 7) is 4.83. The van der Waals surface area contributed by atoms with Gasteiger partial charge in [-0.3, -0.25) is 4.79 Å². The number of carbonyl (C=O) groups is 1. The number of likely N-dealkylation sites (tertiary alicyclic amines) is 1. The summed E-state index contributed by atoms with van der Waals surface area (Å²) in [6.07, 6.45) is 10.4. The van der Waals surface area contributed by atoms with E-state index in [2.05, 4.69) is 35.4 Å². The van der Waals surface area contributed by atoms with Crippen molar-refractivity contribution in [3.63, 3.8) is 0 Å². The lowest BCUT2D eigenvalue weighted by molar-refractivity contribution is -0.119. The molecular formula is C32H38N10O2S. The van der Waals surface area contributed by atoms with Crippen LogP contribution >= 0.6 is 11.3 Å². The highest BCUT2D eigenvalue weighted by atomic mass is 32.1. The monoisotopic (exact) mass is 626 g/mol. The Bertz CT molecular complexity index is 1850. The van der Waals surface area contributed by atoms with E-state index in [0.29, 0.717) is 47.0 Å². The molecule has 2 fully saturated rings. The molecule has 12 nitrogen and oxygen atoms in total. The van der Waals surface area contributed by atoms with Crippen LogP contribution in [0, 0.1) is 11.3 Å². The number of likely N-dealkylation sites (N-methyl/N-ethyl adjacent to an activating group) is 1. The van der Waals surface area contributed by atoms with E-state index >= 15 is 0 Å². The maximum Gasteiger partial charge on any atom is 0.239 e. The zero-order valence-corrected chi connectivity index (χ0v) is 26.6. The highest BCUT2D eigenvalue weighted by molar-refractivity contribution is 7.16. The van der Waals surface area contributed by atoms with Crippen LogP contribution in [0.1, 0.15) is 85.2 Å². The van der Waals surface area contributed by atoms with Crippen LogP contribution < -0.4 is 16.0 Å². The Morgan fingerprint density at radius 3 is 2.84 bits per heavy atom. The molecule has 0 aromatic carbocycles. The molecule has 0 bridgehead atoms. The van der Waals surface area contributed by atoms with Gasteiger partial charge in [-0.1, -0.05) is 5.16 Å². The van der Waals surface area contributed by atoms with Crippen LogP contribution in [0.25, 0.3) is 22.6 Å². The zero-order valence-electron chi connectivity index (χ0n) is 25.8. The second-order valence-corrected chi connectivity index (χ2v) is 14.3. The van der Waals surface area contributed by atoms with Gasteiger partial charge in [0.2, 0.25) is 5.91 Å². The summed E-state index contributed by atoms with van der Waals surface area (Å²) in [7, 11) is 2.18. The van der Waals surface area contributed by atoms with Crippen LogP contribution in [0.5, 0.6) is 0 Å². The lowest BCUT2D eigenvalue weighted by Gasteiger charge is -2.39. The number of amides is 1. The van der Waals surface area contributed by atoms with Crippen LogP contribution in [0.2, 0.25) is 0 Å². The number of nitrogens with zero attached hydrogens (tertiary/aromatic N) is 8. The number of aromatic nitrogens is 5. The summed E-state index contributed by atoms with van der Waals surface area (Å²) in [4.78, 5) is 28.6. The number of nitrogens with one attached hydrogen (secondary N) is 1. The lowest BCUT2D eigenvalue weighted by atomic mass is 9.63. The molecule has 2 saturated heterocycles. The molecule has 3 N–H and O–H groups in total. The summed E-state index contributed by atoms with van der Waals surface area (Å²) >= 11 is 1.54. The van der Waals surface area contributed by atoms with Gasteiger partial charge in [0.1, 0.15) is 16.9 Å². The SMILES string of the molecule is CC(C1CCCN1C)n1ncc2c(N3CCCNC(=O)C3)nc(-c3noc4c3CCCC43CCCc4sc(N)c(C#N)c43)nc21. The molecule has 0 radical (unpaired) electrons. The molecule has 3 atom stereocenters. The Labute approximate surface area is 265 Å². The van der Waals surface area contributed by atoms with Crippen molar-refractivity contribution in [1.82, 2.24) is 35.1 Å².